The summed E-state index contributed by atoms with van der Waals surface area (Å²) >= 11 is 0. The summed E-state index contributed by atoms with van der Waals surface area (Å²) in [5, 5.41) is 3.54. The number of hydrogen-bond donors (Lipinski definition) is 1. The van der Waals surface area contributed by atoms with Gasteiger partial charge in [0, 0.05) is 24.7 Å². The molecule has 0 aliphatic heterocycles. The van der Waals surface area contributed by atoms with Gasteiger partial charge in [0.1, 0.15) is 11.5 Å². The molecule has 3 heteroatoms. The normalized spacial score (nSPS) is 11.2. The lowest BCUT2D eigenvalue weighted by Crippen LogP contribution is -2.15. The van der Waals surface area contributed by atoms with E-state index in [9.17, 15) is 0 Å². The van der Waals surface area contributed by atoms with Crippen molar-refractivity contribution in [1.29, 1.82) is 0 Å². The lowest BCUT2D eigenvalue weighted by molar-refractivity contribution is 0.256. The third-order valence-electron chi connectivity index (χ3n) is 4.09. The van der Waals surface area contributed by atoms with Crippen molar-refractivity contribution in [3.63, 3.8) is 0 Å². The van der Waals surface area contributed by atoms with Gasteiger partial charge in [-0.25, -0.2) is 0 Å². The lowest BCUT2D eigenvalue weighted by atomic mass is 10.1. The second kappa shape index (κ2) is 10.2. The third-order valence-corrected chi connectivity index (χ3v) is 4.09. The van der Waals surface area contributed by atoms with Crippen LogP contribution in [0.3, 0.4) is 0 Å². The Hall–Kier alpha value is -2.00. The Morgan fingerprint density at radius 2 is 1.46 bits per heavy atom. The minimum Gasteiger partial charge on any atom is -0.493 e. The quantitative estimate of drug-likeness (QED) is 0.623. The van der Waals surface area contributed by atoms with Gasteiger partial charge >= 0.3 is 0 Å². The molecule has 0 aromatic heterocycles. The van der Waals surface area contributed by atoms with Crippen molar-refractivity contribution in [3.8, 4) is 11.5 Å². The average Bonchev–Trinajstić information content (AvgIpc) is 2.60. The Labute approximate surface area is 158 Å². The van der Waals surface area contributed by atoms with Crippen LogP contribution in [0.4, 0.5) is 0 Å². The van der Waals surface area contributed by atoms with Gasteiger partial charge in [0.15, 0.2) is 0 Å². The van der Waals surface area contributed by atoms with Crippen LogP contribution in [-0.4, -0.2) is 13.2 Å². The lowest BCUT2D eigenvalue weighted by Gasteiger charge is -2.16. The van der Waals surface area contributed by atoms with E-state index in [1.54, 1.807) is 0 Å². The predicted octanol–water partition coefficient (Wildman–Crippen LogP) is 5.35. The number of hydrogen-bond acceptors (Lipinski definition) is 3. The molecule has 142 valence electrons. The molecule has 0 heterocycles. The minimum absolute atomic E-state index is 0.489. The van der Waals surface area contributed by atoms with Crippen LogP contribution in [0.2, 0.25) is 0 Å². The van der Waals surface area contributed by atoms with Crippen LogP contribution in [0.5, 0.6) is 11.5 Å². The highest BCUT2D eigenvalue weighted by atomic mass is 16.5. The largest absolute Gasteiger partial charge is 0.493 e. The van der Waals surface area contributed by atoms with Gasteiger partial charge in [-0.05, 0) is 36.0 Å². The maximum atomic E-state index is 6.05. The smallest absolute Gasteiger partial charge is 0.127 e. The SMILES string of the molecule is Cc1ccccc1CNCc1ccc(OCC(C)C)cc1OCC(C)C. The fourth-order valence-corrected chi connectivity index (χ4v) is 2.56. The van der Waals surface area contributed by atoms with Crippen LogP contribution in [-0.2, 0) is 13.1 Å². The first kappa shape index (κ1) is 20.3. The van der Waals surface area contributed by atoms with Crippen molar-refractivity contribution in [2.24, 2.45) is 11.8 Å². The zero-order chi connectivity index (χ0) is 18.9. The third kappa shape index (κ3) is 6.72. The molecule has 0 spiro atoms. The second-order valence-electron chi connectivity index (χ2n) is 7.71. The van der Waals surface area contributed by atoms with Crippen LogP contribution >= 0.6 is 0 Å². The summed E-state index contributed by atoms with van der Waals surface area (Å²) in [6.45, 7) is 13.8. The number of ether oxygens (including phenoxy) is 2. The average molecular weight is 356 g/mol. The summed E-state index contributed by atoms with van der Waals surface area (Å²) in [5.41, 5.74) is 3.80. The van der Waals surface area contributed by atoms with Gasteiger partial charge < -0.3 is 14.8 Å². The standard InChI is InChI=1S/C23H33NO2/c1-17(2)15-25-22-11-10-21(23(12-22)26-16-18(3)4)14-24-13-20-9-7-6-8-19(20)5/h6-12,17-18,24H,13-16H2,1-5H3. The van der Waals surface area contributed by atoms with Gasteiger partial charge in [0.2, 0.25) is 0 Å². The summed E-state index contributed by atoms with van der Waals surface area (Å²) in [7, 11) is 0. The molecule has 0 bridgehead atoms. The number of aryl methyl sites for hydroxylation is 1. The predicted molar refractivity (Wildman–Crippen MR) is 109 cm³/mol. The molecule has 2 aromatic carbocycles. The fourth-order valence-electron chi connectivity index (χ4n) is 2.56. The fraction of sp³-hybridized carbons (Fsp3) is 0.478. The molecule has 0 fully saturated rings. The zero-order valence-electron chi connectivity index (χ0n) is 16.8. The Morgan fingerprint density at radius 3 is 2.15 bits per heavy atom. The van der Waals surface area contributed by atoms with Crippen molar-refractivity contribution in [3.05, 3.63) is 59.2 Å². The van der Waals surface area contributed by atoms with Crippen LogP contribution in [0.25, 0.3) is 0 Å². The maximum absolute atomic E-state index is 6.05. The molecule has 1 N–H and O–H groups in total. The highest BCUT2D eigenvalue weighted by Crippen LogP contribution is 2.26. The van der Waals surface area contributed by atoms with Crippen LogP contribution in [0.15, 0.2) is 42.5 Å². The topological polar surface area (TPSA) is 30.5 Å². The Morgan fingerprint density at radius 1 is 0.808 bits per heavy atom. The van der Waals surface area contributed by atoms with Gasteiger partial charge in [-0.1, -0.05) is 58.0 Å². The number of benzene rings is 2. The van der Waals surface area contributed by atoms with Gasteiger partial charge in [0.05, 0.1) is 13.2 Å². The molecular formula is C23H33NO2. The number of rotatable bonds is 10. The van der Waals surface area contributed by atoms with Gasteiger partial charge in [-0.3, -0.25) is 0 Å². The van der Waals surface area contributed by atoms with Crippen molar-refractivity contribution < 1.29 is 9.47 Å². The first-order valence-electron chi connectivity index (χ1n) is 9.59. The second-order valence-corrected chi connectivity index (χ2v) is 7.71. The molecule has 26 heavy (non-hydrogen) atoms. The Bertz CT molecular complexity index is 680. The van der Waals surface area contributed by atoms with E-state index in [0.29, 0.717) is 25.0 Å². The molecule has 0 saturated carbocycles. The summed E-state index contributed by atoms with van der Waals surface area (Å²) in [6, 6.07) is 14.6. The van der Waals surface area contributed by atoms with E-state index in [0.717, 1.165) is 30.2 Å². The van der Waals surface area contributed by atoms with Crippen molar-refractivity contribution in [2.45, 2.75) is 47.7 Å². The highest BCUT2D eigenvalue weighted by Gasteiger charge is 2.08. The van der Waals surface area contributed by atoms with Crippen LogP contribution < -0.4 is 14.8 Å². The maximum Gasteiger partial charge on any atom is 0.127 e. The minimum atomic E-state index is 0.489. The molecule has 0 atom stereocenters. The monoisotopic (exact) mass is 355 g/mol. The summed E-state index contributed by atoms with van der Waals surface area (Å²) in [6.07, 6.45) is 0. The molecule has 2 aromatic rings. The molecule has 3 nitrogen and oxygen atoms in total. The first-order chi connectivity index (χ1) is 12.5. The molecule has 0 radical (unpaired) electrons. The van der Waals surface area contributed by atoms with Crippen molar-refractivity contribution in [2.75, 3.05) is 13.2 Å². The van der Waals surface area contributed by atoms with Crippen molar-refractivity contribution in [1.82, 2.24) is 5.32 Å². The first-order valence-corrected chi connectivity index (χ1v) is 9.59. The number of nitrogens with one attached hydrogen (secondary N) is 1. The van der Waals surface area contributed by atoms with E-state index >= 15 is 0 Å². The summed E-state index contributed by atoms with van der Waals surface area (Å²) < 4.78 is 11.9. The van der Waals surface area contributed by atoms with Crippen LogP contribution in [0.1, 0.15) is 44.4 Å². The summed E-state index contributed by atoms with van der Waals surface area (Å²) in [5.74, 6) is 2.78. The molecule has 0 aliphatic carbocycles. The van der Waals surface area contributed by atoms with E-state index in [-0.39, 0.29) is 0 Å². The molecule has 0 saturated heterocycles. The molecule has 2 rings (SSSR count). The Kier molecular flexibility index (Phi) is 7.99. The molecule has 0 unspecified atom stereocenters. The van der Waals surface area contributed by atoms with Crippen molar-refractivity contribution >= 4 is 0 Å². The molecular weight excluding hydrogens is 322 g/mol. The van der Waals surface area contributed by atoms with E-state index in [2.05, 4.69) is 70.3 Å². The summed E-state index contributed by atoms with van der Waals surface area (Å²) in [4.78, 5) is 0. The Balaban J connectivity index is 2.03. The van der Waals surface area contributed by atoms with Gasteiger partial charge in [0.25, 0.3) is 0 Å². The van der Waals surface area contributed by atoms with Gasteiger partial charge in [-0.15, -0.1) is 0 Å². The molecule has 0 amide bonds. The zero-order valence-corrected chi connectivity index (χ0v) is 16.8. The van der Waals surface area contributed by atoms with Gasteiger partial charge in [-0.2, -0.15) is 0 Å². The highest BCUT2D eigenvalue weighted by molar-refractivity contribution is 5.41. The van der Waals surface area contributed by atoms with E-state index in [1.807, 2.05) is 12.1 Å². The molecule has 0 aliphatic rings. The van der Waals surface area contributed by atoms with E-state index in [4.69, 9.17) is 9.47 Å². The van der Waals surface area contributed by atoms with Crippen LogP contribution in [0, 0.1) is 18.8 Å². The van der Waals surface area contributed by atoms with E-state index < -0.39 is 0 Å². The van der Waals surface area contributed by atoms with E-state index in [1.165, 1.54) is 11.1 Å².